The number of likely N-dealkylation sites (tertiary alicyclic amines) is 1. The van der Waals surface area contributed by atoms with Gasteiger partial charge in [0.25, 0.3) is 0 Å². The molecule has 2 heterocycles. The molecular formula is C17H23FN2O3. The number of nitrogens with zero attached hydrogens (tertiary/aromatic N) is 1. The lowest BCUT2D eigenvalue weighted by Gasteiger charge is -2.47. The highest BCUT2D eigenvalue weighted by molar-refractivity contribution is 5.84. The number of hydrogen-bond donors (Lipinski definition) is 2. The van der Waals surface area contributed by atoms with E-state index in [2.05, 4.69) is 10.2 Å². The van der Waals surface area contributed by atoms with Crippen LogP contribution < -0.4 is 10.1 Å². The predicted molar refractivity (Wildman–Crippen MR) is 83.5 cm³/mol. The Bertz CT molecular complexity index is 595. The van der Waals surface area contributed by atoms with E-state index in [1.165, 1.54) is 13.2 Å². The van der Waals surface area contributed by atoms with E-state index in [4.69, 9.17) is 4.74 Å². The van der Waals surface area contributed by atoms with Crippen molar-refractivity contribution in [1.29, 1.82) is 0 Å². The molecule has 0 unspecified atom stereocenters. The predicted octanol–water partition coefficient (Wildman–Crippen LogP) is 1.30. The number of amides is 1. The average molecular weight is 322 g/mol. The highest BCUT2D eigenvalue weighted by Crippen LogP contribution is 2.37. The number of halogens is 1. The van der Waals surface area contributed by atoms with Crippen LogP contribution in [0.25, 0.3) is 0 Å². The van der Waals surface area contributed by atoms with Crippen molar-refractivity contribution in [3.8, 4) is 5.75 Å². The number of hydrogen-bond acceptors (Lipinski definition) is 4. The number of carbonyl (C=O) groups is 1. The molecule has 2 fully saturated rings. The fourth-order valence-corrected chi connectivity index (χ4v) is 3.69. The van der Waals surface area contributed by atoms with E-state index in [9.17, 15) is 14.3 Å². The second-order valence-electron chi connectivity index (χ2n) is 6.49. The summed E-state index contributed by atoms with van der Waals surface area (Å²) in [6, 6.07) is 4.82. The van der Waals surface area contributed by atoms with Crippen molar-refractivity contribution in [3.63, 3.8) is 0 Å². The van der Waals surface area contributed by atoms with Gasteiger partial charge in [-0.3, -0.25) is 9.69 Å². The Hall–Kier alpha value is -1.66. The number of ether oxygens (including phenoxy) is 1. The normalized spacial score (nSPS) is 28.7. The maximum Gasteiger partial charge on any atom is 0.230 e. The molecule has 0 saturated carbocycles. The first-order chi connectivity index (χ1) is 11.0. The minimum atomic E-state index is -0.751. The van der Waals surface area contributed by atoms with Crippen LogP contribution in [0.4, 0.5) is 4.39 Å². The number of carbonyl (C=O) groups excluding carboxylic acids is 1. The average Bonchev–Trinajstić information content (AvgIpc) is 2.55. The summed E-state index contributed by atoms with van der Waals surface area (Å²) in [6.07, 6.45) is 1.46. The van der Waals surface area contributed by atoms with E-state index >= 15 is 0 Å². The smallest absolute Gasteiger partial charge is 0.230 e. The summed E-state index contributed by atoms with van der Waals surface area (Å²) < 4.78 is 19.2. The van der Waals surface area contributed by atoms with Gasteiger partial charge in [0.15, 0.2) is 0 Å². The number of nitrogens with one attached hydrogen (secondary N) is 1. The van der Waals surface area contributed by atoms with Gasteiger partial charge in [-0.25, -0.2) is 4.39 Å². The van der Waals surface area contributed by atoms with Crippen molar-refractivity contribution in [2.24, 2.45) is 5.41 Å². The van der Waals surface area contributed by atoms with Gasteiger partial charge >= 0.3 is 0 Å². The molecule has 1 aromatic carbocycles. The van der Waals surface area contributed by atoms with Crippen molar-refractivity contribution in [1.82, 2.24) is 10.2 Å². The van der Waals surface area contributed by atoms with Gasteiger partial charge in [-0.1, -0.05) is 6.07 Å². The zero-order chi connectivity index (χ0) is 16.4. The number of methoxy groups -OCH3 is 1. The summed E-state index contributed by atoms with van der Waals surface area (Å²) >= 11 is 0. The lowest BCUT2D eigenvalue weighted by molar-refractivity contribution is -0.149. The van der Waals surface area contributed by atoms with Gasteiger partial charge in [0.2, 0.25) is 5.91 Å². The first-order valence-corrected chi connectivity index (χ1v) is 8.06. The van der Waals surface area contributed by atoms with Crippen molar-refractivity contribution in [2.75, 3.05) is 26.7 Å². The first-order valence-electron chi connectivity index (χ1n) is 8.06. The fourth-order valence-electron chi connectivity index (χ4n) is 3.69. The number of aliphatic hydroxyl groups excluding tert-OH is 1. The van der Waals surface area contributed by atoms with Gasteiger partial charge in [0, 0.05) is 37.8 Å². The first kappa shape index (κ1) is 16.2. The van der Waals surface area contributed by atoms with Crippen LogP contribution in [0, 0.1) is 11.2 Å². The quantitative estimate of drug-likeness (QED) is 0.880. The third-order valence-electron chi connectivity index (χ3n) is 5.05. The van der Waals surface area contributed by atoms with E-state index < -0.39 is 11.5 Å². The van der Waals surface area contributed by atoms with Gasteiger partial charge in [-0.05, 0) is 25.3 Å². The Balaban J connectivity index is 1.75. The lowest BCUT2D eigenvalue weighted by Crippen LogP contribution is -2.61. The maximum atomic E-state index is 14.1. The van der Waals surface area contributed by atoms with E-state index in [0.717, 1.165) is 6.42 Å². The van der Waals surface area contributed by atoms with E-state index in [1.807, 2.05) is 0 Å². The van der Waals surface area contributed by atoms with Crippen LogP contribution in [-0.4, -0.2) is 48.8 Å². The largest absolute Gasteiger partial charge is 0.497 e. The topological polar surface area (TPSA) is 61.8 Å². The van der Waals surface area contributed by atoms with Crippen LogP contribution in [0.2, 0.25) is 0 Å². The highest BCUT2D eigenvalue weighted by Gasteiger charge is 2.49. The fraction of sp³-hybridized carbons (Fsp3) is 0.588. The molecule has 0 aliphatic carbocycles. The SMILES string of the molecule is COc1ccc(CN2CC[C@H](O)[C@@]3(CCCNC3=O)C2)c(F)c1. The maximum absolute atomic E-state index is 14.1. The van der Waals surface area contributed by atoms with Crippen LogP contribution >= 0.6 is 0 Å². The molecule has 0 aromatic heterocycles. The second-order valence-corrected chi connectivity index (χ2v) is 6.49. The Morgan fingerprint density at radius 3 is 3.04 bits per heavy atom. The van der Waals surface area contributed by atoms with E-state index in [1.54, 1.807) is 12.1 Å². The summed E-state index contributed by atoms with van der Waals surface area (Å²) in [5, 5.41) is 13.3. The third-order valence-corrected chi connectivity index (χ3v) is 5.05. The van der Waals surface area contributed by atoms with Crippen LogP contribution in [0.1, 0.15) is 24.8 Å². The van der Waals surface area contributed by atoms with E-state index in [-0.39, 0.29) is 11.7 Å². The van der Waals surface area contributed by atoms with Gasteiger partial charge in [0.05, 0.1) is 18.6 Å². The van der Waals surface area contributed by atoms with Crippen LogP contribution in [0.5, 0.6) is 5.75 Å². The van der Waals surface area contributed by atoms with Crippen LogP contribution in [0.15, 0.2) is 18.2 Å². The molecule has 1 spiro atoms. The van der Waals surface area contributed by atoms with Crippen molar-refractivity contribution >= 4 is 5.91 Å². The van der Waals surface area contributed by atoms with Crippen molar-refractivity contribution < 1.29 is 19.0 Å². The number of benzene rings is 1. The molecular weight excluding hydrogens is 299 g/mol. The van der Waals surface area contributed by atoms with Gasteiger partial charge < -0.3 is 15.2 Å². The van der Waals surface area contributed by atoms with Gasteiger partial charge in [-0.2, -0.15) is 0 Å². The summed E-state index contributed by atoms with van der Waals surface area (Å²) in [7, 11) is 1.51. The highest BCUT2D eigenvalue weighted by atomic mass is 19.1. The molecule has 0 radical (unpaired) electrons. The lowest BCUT2D eigenvalue weighted by atomic mass is 9.71. The van der Waals surface area contributed by atoms with Crippen molar-refractivity contribution in [3.05, 3.63) is 29.6 Å². The summed E-state index contributed by atoms with van der Waals surface area (Å²) in [4.78, 5) is 14.4. The standard InChI is InChI=1S/C17H23FN2O3/c1-23-13-4-3-12(14(18)9-13)10-20-8-5-15(21)17(11-20)6-2-7-19-16(17)22/h3-4,9,15,21H,2,5-8,10-11H2,1H3,(H,19,22)/t15-,17+/m0/s1. The molecule has 3 rings (SSSR count). The zero-order valence-electron chi connectivity index (χ0n) is 13.3. The molecule has 2 saturated heterocycles. The second kappa shape index (κ2) is 6.45. The molecule has 23 heavy (non-hydrogen) atoms. The number of piperidine rings is 2. The monoisotopic (exact) mass is 322 g/mol. The Morgan fingerprint density at radius 2 is 2.35 bits per heavy atom. The molecule has 126 valence electrons. The van der Waals surface area contributed by atoms with Crippen molar-refractivity contribution in [2.45, 2.75) is 31.9 Å². The number of rotatable bonds is 3. The zero-order valence-corrected chi connectivity index (χ0v) is 13.3. The third kappa shape index (κ3) is 3.05. The molecule has 2 atom stereocenters. The molecule has 5 nitrogen and oxygen atoms in total. The summed E-state index contributed by atoms with van der Waals surface area (Å²) in [5.74, 6) is 0.109. The molecule has 0 bridgehead atoms. The van der Waals surface area contributed by atoms with Crippen LogP contribution in [0.3, 0.4) is 0 Å². The Morgan fingerprint density at radius 1 is 1.52 bits per heavy atom. The summed E-state index contributed by atoms with van der Waals surface area (Å²) in [6.45, 7) is 2.21. The Labute approximate surface area is 135 Å². The number of aliphatic hydroxyl groups is 1. The Kier molecular flexibility index (Phi) is 4.55. The van der Waals surface area contributed by atoms with Gasteiger partial charge in [0.1, 0.15) is 11.6 Å². The molecule has 1 amide bonds. The minimum Gasteiger partial charge on any atom is -0.497 e. The molecule has 6 heteroatoms. The summed E-state index contributed by atoms with van der Waals surface area (Å²) in [5.41, 5.74) is -0.173. The molecule has 2 aliphatic rings. The molecule has 2 N–H and O–H groups in total. The van der Waals surface area contributed by atoms with E-state index in [0.29, 0.717) is 50.3 Å². The molecule has 2 aliphatic heterocycles. The van der Waals surface area contributed by atoms with Gasteiger partial charge in [-0.15, -0.1) is 0 Å². The minimum absolute atomic E-state index is 0.0730. The molecule has 1 aromatic rings. The van der Waals surface area contributed by atoms with Crippen LogP contribution in [-0.2, 0) is 11.3 Å².